The van der Waals surface area contributed by atoms with Crippen LogP contribution >= 0.6 is 0 Å². The maximum absolute atomic E-state index is 12.5. The summed E-state index contributed by atoms with van der Waals surface area (Å²) in [5, 5.41) is 9.25. The van der Waals surface area contributed by atoms with Crippen LogP contribution in [0.2, 0.25) is 0 Å². The summed E-state index contributed by atoms with van der Waals surface area (Å²) in [5.74, 6) is 0.953. The van der Waals surface area contributed by atoms with Gasteiger partial charge in [-0.15, -0.1) is 0 Å². The van der Waals surface area contributed by atoms with Crippen molar-refractivity contribution in [1.29, 1.82) is 0 Å². The first kappa shape index (κ1) is 13.9. The topological polar surface area (TPSA) is 40.5 Å². The van der Waals surface area contributed by atoms with E-state index >= 15 is 0 Å². The molecule has 2 rings (SSSR count). The van der Waals surface area contributed by atoms with Gasteiger partial charge in [-0.2, -0.15) is 0 Å². The van der Waals surface area contributed by atoms with Crippen molar-refractivity contribution in [3.63, 3.8) is 0 Å². The van der Waals surface area contributed by atoms with E-state index in [1.807, 2.05) is 4.90 Å². The zero-order valence-electron chi connectivity index (χ0n) is 11.4. The average molecular weight is 253 g/mol. The minimum absolute atomic E-state index is 0.231. The Hall–Kier alpha value is -0.570. The molecular formula is C15H27NO2. The van der Waals surface area contributed by atoms with Crippen LogP contribution in [0.3, 0.4) is 0 Å². The molecule has 1 amide bonds. The number of carbonyl (C=O) groups excluding carboxylic acids is 1. The van der Waals surface area contributed by atoms with Gasteiger partial charge in [-0.25, -0.2) is 0 Å². The summed E-state index contributed by atoms with van der Waals surface area (Å²) in [7, 11) is 0. The van der Waals surface area contributed by atoms with Gasteiger partial charge in [-0.05, 0) is 31.6 Å². The number of nitrogens with zero attached hydrogens (tertiary/aromatic N) is 1. The minimum atomic E-state index is 0.231. The predicted molar refractivity (Wildman–Crippen MR) is 72.2 cm³/mol. The number of amides is 1. The summed E-state index contributed by atoms with van der Waals surface area (Å²) in [4.78, 5) is 14.5. The maximum atomic E-state index is 12.5. The van der Waals surface area contributed by atoms with Gasteiger partial charge in [-0.1, -0.05) is 32.1 Å². The van der Waals surface area contributed by atoms with Gasteiger partial charge < -0.3 is 10.0 Å². The van der Waals surface area contributed by atoms with E-state index in [-0.39, 0.29) is 12.5 Å². The van der Waals surface area contributed by atoms with Gasteiger partial charge in [-0.3, -0.25) is 4.79 Å². The average Bonchev–Trinajstić information content (AvgIpc) is 2.38. The highest BCUT2D eigenvalue weighted by molar-refractivity contribution is 5.78. The Morgan fingerprint density at radius 3 is 2.33 bits per heavy atom. The molecule has 0 aromatic heterocycles. The van der Waals surface area contributed by atoms with E-state index in [1.54, 1.807) is 0 Å². The molecule has 0 aromatic rings. The van der Waals surface area contributed by atoms with Crippen molar-refractivity contribution in [1.82, 2.24) is 4.90 Å². The third-order valence-corrected chi connectivity index (χ3v) is 4.54. The first-order valence-corrected chi connectivity index (χ1v) is 7.71. The number of hydrogen-bond donors (Lipinski definition) is 1. The highest BCUT2D eigenvalue weighted by Crippen LogP contribution is 2.26. The Balaban J connectivity index is 1.87. The van der Waals surface area contributed by atoms with E-state index in [0.717, 1.165) is 38.8 Å². The second-order valence-corrected chi connectivity index (χ2v) is 6.02. The second kappa shape index (κ2) is 7.13. The molecule has 104 valence electrons. The van der Waals surface area contributed by atoms with Crippen LogP contribution in [-0.4, -0.2) is 35.6 Å². The van der Waals surface area contributed by atoms with E-state index < -0.39 is 0 Å². The molecule has 0 spiro atoms. The summed E-state index contributed by atoms with van der Waals surface area (Å²) < 4.78 is 0. The van der Waals surface area contributed by atoms with E-state index in [4.69, 9.17) is 0 Å². The monoisotopic (exact) mass is 253 g/mol. The minimum Gasteiger partial charge on any atom is -0.396 e. The molecule has 1 heterocycles. The van der Waals surface area contributed by atoms with Crippen LogP contribution in [-0.2, 0) is 4.79 Å². The molecule has 2 aliphatic rings. The normalized spacial score (nSPS) is 27.6. The molecule has 18 heavy (non-hydrogen) atoms. The molecule has 0 bridgehead atoms. The van der Waals surface area contributed by atoms with Crippen LogP contribution < -0.4 is 0 Å². The quantitative estimate of drug-likeness (QED) is 0.821. The fraction of sp³-hybridized carbons (Fsp3) is 0.933. The van der Waals surface area contributed by atoms with Crippen LogP contribution in [0.4, 0.5) is 0 Å². The smallest absolute Gasteiger partial charge is 0.225 e. The fourth-order valence-corrected chi connectivity index (χ4v) is 3.38. The third kappa shape index (κ3) is 3.71. The molecule has 1 saturated heterocycles. The van der Waals surface area contributed by atoms with E-state index in [2.05, 4.69) is 0 Å². The van der Waals surface area contributed by atoms with Crippen molar-refractivity contribution in [2.75, 3.05) is 19.7 Å². The number of aliphatic hydroxyl groups is 1. The molecular weight excluding hydrogens is 226 g/mol. The zero-order chi connectivity index (χ0) is 12.8. The molecule has 1 saturated carbocycles. The molecule has 1 unspecified atom stereocenters. The summed E-state index contributed by atoms with van der Waals surface area (Å²) >= 11 is 0. The highest BCUT2D eigenvalue weighted by atomic mass is 16.3. The van der Waals surface area contributed by atoms with Crippen molar-refractivity contribution in [3.05, 3.63) is 0 Å². The largest absolute Gasteiger partial charge is 0.396 e. The van der Waals surface area contributed by atoms with Gasteiger partial charge in [0.2, 0.25) is 5.91 Å². The molecule has 1 N–H and O–H groups in total. The van der Waals surface area contributed by atoms with Gasteiger partial charge in [0.1, 0.15) is 0 Å². The van der Waals surface area contributed by atoms with Crippen molar-refractivity contribution >= 4 is 5.91 Å². The lowest BCUT2D eigenvalue weighted by atomic mass is 9.89. The van der Waals surface area contributed by atoms with Gasteiger partial charge in [0.05, 0.1) is 0 Å². The maximum Gasteiger partial charge on any atom is 0.225 e. The third-order valence-electron chi connectivity index (χ3n) is 4.54. The van der Waals surface area contributed by atoms with Crippen LogP contribution in [0.1, 0.15) is 57.8 Å². The SMILES string of the molecule is O=C(C1CCCCCCC1)N1CCCC(CO)C1. The lowest BCUT2D eigenvalue weighted by Crippen LogP contribution is -2.44. The van der Waals surface area contributed by atoms with Crippen LogP contribution in [0.25, 0.3) is 0 Å². The zero-order valence-corrected chi connectivity index (χ0v) is 11.4. The Bertz CT molecular complexity index is 255. The van der Waals surface area contributed by atoms with Gasteiger partial charge >= 0.3 is 0 Å². The molecule has 0 aromatic carbocycles. The number of likely N-dealkylation sites (tertiary alicyclic amines) is 1. The number of piperidine rings is 1. The van der Waals surface area contributed by atoms with E-state index in [1.165, 1.54) is 32.1 Å². The highest BCUT2D eigenvalue weighted by Gasteiger charge is 2.28. The number of aliphatic hydroxyl groups excluding tert-OH is 1. The molecule has 1 aliphatic heterocycles. The number of carbonyl (C=O) groups is 1. The van der Waals surface area contributed by atoms with E-state index in [9.17, 15) is 9.90 Å². The summed E-state index contributed by atoms with van der Waals surface area (Å²) in [5.41, 5.74) is 0. The summed E-state index contributed by atoms with van der Waals surface area (Å²) in [6.07, 6.45) is 10.7. The lowest BCUT2D eigenvalue weighted by Gasteiger charge is -2.34. The van der Waals surface area contributed by atoms with Crippen molar-refractivity contribution in [3.8, 4) is 0 Å². The lowest BCUT2D eigenvalue weighted by molar-refractivity contribution is -0.138. The van der Waals surface area contributed by atoms with Crippen molar-refractivity contribution in [2.24, 2.45) is 11.8 Å². The Morgan fingerprint density at radius 2 is 1.67 bits per heavy atom. The first-order valence-electron chi connectivity index (χ1n) is 7.71. The second-order valence-electron chi connectivity index (χ2n) is 6.02. The van der Waals surface area contributed by atoms with Crippen LogP contribution in [0.15, 0.2) is 0 Å². The summed E-state index contributed by atoms with van der Waals surface area (Å²) in [6, 6.07) is 0. The van der Waals surface area contributed by atoms with Gasteiger partial charge in [0.15, 0.2) is 0 Å². The number of hydrogen-bond acceptors (Lipinski definition) is 2. The van der Waals surface area contributed by atoms with Crippen LogP contribution in [0, 0.1) is 11.8 Å². The molecule has 1 atom stereocenters. The van der Waals surface area contributed by atoms with Crippen molar-refractivity contribution < 1.29 is 9.90 Å². The Kier molecular flexibility index (Phi) is 5.48. The van der Waals surface area contributed by atoms with Crippen LogP contribution in [0.5, 0.6) is 0 Å². The Morgan fingerprint density at radius 1 is 1.00 bits per heavy atom. The molecule has 2 fully saturated rings. The molecule has 1 aliphatic carbocycles. The number of rotatable bonds is 2. The Labute approximate surface area is 111 Å². The van der Waals surface area contributed by atoms with Crippen molar-refractivity contribution in [2.45, 2.75) is 57.8 Å². The van der Waals surface area contributed by atoms with Gasteiger partial charge in [0.25, 0.3) is 0 Å². The molecule has 3 heteroatoms. The molecule has 3 nitrogen and oxygen atoms in total. The standard InChI is InChI=1S/C15H27NO2/c17-12-13-7-6-10-16(11-13)15(18)14-8-4-2-1-3-5-9-14/h13-14,17H,1-12H2. The molecule has 0 radical (unpaired) electrons. The predicted octanol–water partition coefficient (Wildman–Crippen LogP) is 2.58. The van der Waals surface area contributed by atoms with Gasteiger partial charge in [0, 0.05) is 25.6 Å². The van der Waals surface area contributed by atoms with E-state index in [0.29, 0.717) is 11.8 Å². The fourth-order valence-electron chi connectivity index (χ4n) is 3.38. The first-order chi connectivity index (χ1) is 8.81. The summed E-state index contributed by atoms with van der Waals surface area (Å²) in [6.45, 7) is 1.92.